The molecule has 1 heterocycles. The molecule has 0 bridgehead atoms. The third kappa shape index (κ3) is 4.71. The van der Waals surface area contributed by atoms with E-state index in [0.29, 0.717) is 5.75 Å². The molecule has 0 unspecified atom stereocenters. The van der Waals surface area contributed by atoms with Gasteiger partial charge in [-0.25, -0.2) is 0 Å². The van der Waals surface area contributed by atoms with Crippen LogP contribution < -0.4 is 4.74 Å². The van der Waals surface area contributed by atoms with Crippen LogP contribution in [-0.2, 0) is 10.5 Å². The second-order valence-electron chi connectivity index (χ2n) is 4.20. The molecule has 0 amide bonds. The van der Waals surface area contributed by atoms with Crippen LogP contribution in [0.25, 0.3) is 0 Å². The molecular weight excluding hydrogens is 328 g/mol. The van der Waals surface area contributed by atoms with Gasteiger partial charge < -0.3 is 4.74 Å². The highest BCUT2D eigenvalue weighted by atomic mass is 35.5. The fraction of sp³-hybridized carbons (Fsp3) is 0.143. The number of hydrogen-bond donors (Lipinski definition) is 0. The largest absolute Gasteiger partial charge is 0.426 e. The van der Waals surface area contributed by atoms with Crippen molar-refractivity contribution in [3.63, 3.8) is 0 Å². The summed E-state index contributed by atoms with van der Waals surface area (Å²) in [6.07, 6.45) is 3.41. The third-order valence-electron chi connectivity index (χ3n) is 2.56. The lowest BCUT2D eigenvalue weighted by Crippen LogP contribution is -2.11. The van der Waals surface area contributed by atoms with E-state index < -0.39 is 10.9 Å². The highest BCUT2D eigenvalue weighted by Crippen LogP contribution is 2.28. The molecule has 114 valence electrons. The highest BCUT2D eigenvalue weighted by molar-refractivity contribution is 7.99. The summed E-state index contributed by atoms with van der Waals surface area (Å²) in [6.45, 7) is 0. The van der Waals surface area contributed by atoms with E-state index in [-0.39, 0.29) is 22.2 Å². The molecule has 0 fully saturated rings. The van der Waals surface area contributed by atoms with Gasteiger partial charge in [0.25, 0.3) is 5.69 Å². The van der Waals surface area contributed by atoms with Gasteiger partial charge in [-0.2, -0.15) is 0 Å². The Hall–Kier alpha value is -2.12. The molecule has 0 spiro atoms. The van der Waals surface area contributed by atoms with E-state index in [4.69, 9.17) is 16.3 Å². The van der Waals surface area contributed by atoms with Gasteiger partial charge >= 0.3 is 5.97 Å². The second-order valence-corrected chi connectivity index (χ2v) is 5.59. The molecule has 8 heteroatoms. The van der Waals surface area contributed by atoms with Crippen molar-refractivity contribution in [1.82, 2.24) is 4.98 Å². The Balaban J connectivity index is 1.84. The average Bonchev–Trinajstić information content (AvgIpc) is 2.48. The van der Waals surface area contributed by atoms with Crippen molar-refractivity contribution in [2.45, 2.75) is 5.75 Å². The number of aromatic nitrogens is 1. The van der Waals surface area contributed by atoms with Crippen LogP contribution in [0.3, 0.4) is 0 Å². The first-order chi connectivity index (χ1) is 10.6. The number of ether oxygens (including phenoxy) is 1. The fourth-order valence-corrected chi connectivity index (χ4v) is 2.57. The Bertz CT molecular complexity index is 682. The predicted molar refractivity (Wildman–Crippen MR) is 84.1 cm³/mol. The van der Waals surface area contributed by atoms with Gasteiger partial charge in [-0.05, 0) is 17.7 Å². The number of pyridine rings is 1. The summed E-state index contributed by atoms with van der Waals surface area (Å²) >= 11 is 7.14. The minimum absolute atomic E-state index is 0.0710. The number of halogens is 1. The highest BCUT2D eigenvalue weighted by Gasteiger charge is 2.14. The van der Waals surface area contributed by atoms with Gasteiger partial charge in [0.2, 0.25) is 0 Å². The number of carbonyl (C=O) groups is 1. The lowest BCUT2D eigenvalue weighted by Gasteiger charge is -2.05. The van der Waals surface area contributed by atoms with E-state index in [1.807, 2.05) is 12.1 Å². The maximum absolute atomic E-state index is 11.7. The average molecular weight is 339 g/mol. The molecule has 2 rings (SSSR count). The number of nitro benzene ring substituents is 1. The molecule has 6 nitrogen and oxygen atoms in total. The number of esters is 1. The Morgan fingerprint density at radius 3 is 2.86 bits per heavy atom. The first-order valence-corrected chi connectivity index (χ1v) is 7.71. The van der Waals surface area contributed by atoms with Gasteiger partial charge in [0.05, 0.1) is 10.7 Å². The van der Waals surface area contributed by atoms with Crippen molar-refractivity contribution < 1.29 is 14.5 Å². The number of thioether (sulfide) groups is 1. The van der Waals surface area contributed by atoms with Crippen LogP contribution in [0.15, 0.2) is 42.7 Å². The standard InChI is InChI=1S/C14H11ClN2O4S/c15-12-6-11(3-4-13(12)17(19)20)21-14(18)9-22-8-10-2-1-5-16-7-10/h1-7H,8-9H2. The quantitative estimate of drug-likeness (QED) is 0.347. The molecule has 0 aliphatic rings. The normalized spacial score (nSPS) is 10.2. The van der Waals surface area contributed by atoms with Crippen molar-refractivity contribution in [3.05, 3.63) is 63.4 Å². The molecule has 0 saturated carbocycles. The van der Waals surface area contributed by atoms with Crippen molar-refractivity contribution in [2.75, 3.05) is 5.75 Å². The van der Waals surface area contributed by atoms with Crippen LogP contribution in [0.5, 0.6) is 5.75 Å². The molecule has 0 aliphatic carbocycles. The van der Waals surface area contributed by atoms with Gasteiger partial charge in [-0.1, -0.05) is 17.7 Å². The van der Waals surface area contributed by atoms with Crippen molar-refractivity contribution in [3.8, 4) is 5.75 Å². The summed E-state index contributed by atoms with van der Waals surface area (Å²) < 4.78 is 5.09. The van der Waals surface area contributed by atoms with Crippen LogP contribution >= 0.6 is 23.4 Å². The molecule has 0 saturated heterocycles. The van der Waals surface area contributed by atoms with Crippen LogP contribution in [0.2, 0.25) is 5.02 Å². The fourth-order valence-electron chi connectivity index (χ4n) is 1.60. The van der Waals surface area contributed by atoms with Crippen LogP contribution in [-0.4, -0.2) is 21.6 Å². The number of nitro groups is 1. The van der Waals surface area contributed by atoms with Crippen molar-refractivity contribution >= 4 is 35.0 Å². The predicted octanol–water partition coefficient (Wildman–Crippen LogP) is 3.48. The zero-order chi connectivity index (χ0) is 15.9. The molecule has 2 aromatic rings. The molecular formula is C14H11ClN2O4S. The van der Waals surface area contributed by atoms with E-state index in [0.717, 1.165) is 5.56 Å². The Labute approximate surface area is 135 Å². The van der Waals surface area contributed by atoms with E-state index >= 15 is 0 Å². The first kappa shape index (κ1) is 16.3. The molecule has 0 N–H and O–H groups in total. The maximum Gasteiger partial charge on any atom is 0.321 e. The Morgan fingerprint density at radius 2 is 2.23 bits per heavy atom. The van der Waals surface area contributed by atoms with Crippen LogP contribution in [0.4, 0.5) is 5.69 Å². The van der Waals surface area contributed by atoms with Gasteiger partial charge in [0.15, 0.2) is 0 Å². The van der Waals surface area contributed by atoms with E-state index in [1.54, 1.807) is 12.4 Å². The van der Waals surface area contributed by atoms with Gasteiger partial charge in [-0.15, -0.1) is 11.8 Å². The minimum Gasteiger partial charge on any atom is -0.426 e. The molecule has 1 aromatic carbocycles. The number of nitrogens with zero attached hydrogens (tertiary/aromatic N) is 2. The Morgan fingerprint density at radius 1 is 1.41 bits per heavy atom. The molecule has 0 aliphatic heterocycles. The molecule has 0 atom stereocenters. The SMILES string of the molecule is O=C(CSCc1cccnc1)Oc1ccc([N+](=O)[O-])c(Cl)c1. The summed E-state index contributed by atoms with van der Waals surface area (Å²) in [5, 5.41) is 10.6. The minimum atomic E-state index is -0.600. The van der Waals surface area contributed by atoms with Gasteiger partial charge in [-0.3, -0.25) is 19.9 Å². The van der Waals surface area contributed by atoms with E-state index in [1.165, 1.54) is 30.0 Å². The number of carbonyl (C=O) groups excluding carboxylic acids is 1. The van der Waals surface area contributed by atoms with E-state index in [2.05, 4.69) is 4.98 Å². The smallest absolute Gasteiger partial charge is 0.321 e. The second kappa shape index (κ2) is 7.77. The lowest BCUT2D eigenvalue weighted by atomic mass is 10.3. The summed E-state index contributed by atoms with van der Waals surface area (Å²) in [4.78, 5) is 25.7. The zero-order valence-corrected chi connectivity index (χ0v) is 12.8. The Kier molecular flexibility index (Phi) is 5.74. The number of hydrogen-bond acceptors (Lipinski definition) is 6. The molecule has 1 aromatic heterocycles. The molecule has 0 radical (unpaired) electrons. The topological polar surface area (TPSA) is 82.3 Å². The number of rotatable bonds is 6. The molecule has 22 heavy (non-hydrogen) atoms. The van der Waals surface area contributed by atoms with Gasteiger partial charge in [0.1, 0.15) is 10.8 Å². The summed E-state index contributed by atoms with van der Waals surface area (Å²) in [5.74, 6) is 0.536. The lowest BCUT2D eigenvalue weighted by molar-refractivity contribution is -0.384. The summed E-state index contributed by atoms with van der Waals surface area (Å²) in [5.41, 5.74) is 0.783. The zero-order valence-electron chi connectivity index (χ0n) is 11.3. The van der Waals surface area contributed by atoms with Gasteiger partial charge in [0, 0.05) is 30.3 Å². The monoisotopic (exact) mass is 338 g/mol. The first-order valence-electron chi connectivity index (χ1n) is 6.17. The van der Waals surface area contributed by atoms with Crippen molar-refractivity contribution in [2.24, 2.45) is 0 Å². The third-order valence-corrected chi connectivity index (χ3v) is 3.84. The summed E-state index contributed by atoms with van der Waals surface area (Å²) in [7, 11) is 0. The van der Waals surface area contributed by atoms with Crippen LogP contribution in [0.1, 0.15) is 5.56 Å². The van der Waals surface area contributed by atoms with E-state index in [9.17, 15) is 14.9 Å². The number of benzene rings is 1. The van der Waals surface area contributed by atoms with Crippen LogP contribution in [0, 0.1) is 10.1 Å². The maximum atomic E-state index is 11.7. The van der Waals surface area contributed by atoms with Crippen molar-refractivity contribution in [1.29, 1.82) is 0 Å². The summed E-state index contributed by atoms with van der Waals surface area (Å²) in [6, 6.07) is 7.54.